The first-order chi connectivity index (χ1) is 17.8. The molecule has 9 nitrogen and oxygen atoms in total. The number of para-hydroxylation sites is 1. The Kier molecular flexibility index (Phi) is 6.81. The monoisotopic (exact) mass is 625 g/mol. The van der Waals surface area contributed by atoms with Crippen molar-refractivity contribution >= 4 is 65.9 Å². The highest BCUT2D eigenvalue weighted by Gasteiger charge is 2.18. The Bertz CT molecular complexity index is 1760. The number of carbonyl (C=O) groups is 1. The zero-order valence-electron chi connectivity index (χ0n) is 19.1. The molecule has 0 aliphatic carbocycles. The van der Waals surface area contributed by atoms with E-state index in [4.69, 9.17) is 19.0 Å². The predicted molar refractivity (Wildman–Crippen MR) is 146 cm³/mol. The minimum atomic E-state index is -1.15. The van der Waals surface area contributed by atoms with Crippen molar-refractivity contribution in [3.05, 3.63) is 85.5 Å². The van der Waals surface area contributed by atoms with Crippen LogP contribution in [0.3, 0.4) is 0 Å². The third kappa shape index (κ3) is 5.00. The van der Waals surface area contributed by atoms with Crippen molar-refractivity contribution in [3.63, 3.8) is 0 Å². The number of methoxy groups -OCH3 is 1. The maximum atomic E-state index is 13.5. The maximum Gasteiger partial charge on any atom is 0.341 e. The standard InChI is InChI=1S/C26H17Br2N3O6/c1-35-21-11-17(28)9-15(24(21)36-13-23(32)33)12-29-31-25(30-19-5-3-2-4-18(19)26(31)34)22-10-14-8-16(27)6-7-20(14)37-22/h2-12H,13H2,1H3,(H,32,33). The van der Waals surface area contributed by atoms with Crippen LogP contribution in [0.2, 0.25) is 0 Å². The number of furan rings is 1. The summed E-state index contributed by atoms with van der Waals surface area (Å²) in [7, 11) is 1.44. The molecular weight excluding hydrogens is 610 g/mol. The number of rotatable bonds is 7. The zero-order chi connectivity index (χ0) is 26.1. The van der Waals surface area contributed by atoms with Crippen molar-refractivity contribution in [1.29, 1.82) is 0 Å². The lowest BCUT2D eigenvalue weighted by Crippen LogP contribution is -2.20. The molecule has 186 valence electrons. The van der Waals surface area contributed by atoms with Crippen LogP contribution in [0.25, 0.3) is 33.5 Å². The highest BCUT2D eigenvalue weighted by molar-refractivity contribution is 9.10. The van der Waals surface area contributed by atoms with Crippen molar-refractivity contribution in [2.45, 2.75) is 0 Å². The van der Waals surface area contributed by atoms with Gasteiger partial charge in [-0.05, 0) is 48.5 Å². The molecule has 5 aromatic rings. The van der Waals surface area contributed by atoms with Crippen LogP contribution in [-0.2, 0) is 4.79 Å². The number of hydrogen-bond acceptors (Lipinski definition) is 7. The van der Waals surface area contributed by atoms with E-state index in [1.54, 1.807) is 42.5 Å². The quantitative estimate of drug-likeness (QED) is 0.231. The number of halogens is 2. The molecule has 11 heteroatoms. The van der Waals surface area contributed by atoms with E-state index in [0.29, 0.717) is 38.0 Å². The number of aliphatic carboxylic acids is 1. The molecule has 2 aromatic heterocycles. The van der Waals surface area contributed by atoms with Gasteiger partial charge in [-0.2, -0.15) is 9.78 Å². The predicted octanol–water partition coefficient (Wildman–Crippen LogP) is 5.69. The van der Waals surface area contributed by atoms with Crippen molar-refractivity contribution in [2.24, 2.45) is 5.10 Å². The summed E-state index contributed by atoms with van der Waals surface area (Å²) < 4.78 is 19.5. The van der Waals surface area contributed by atoms with Crippen LogP contribution >= 0.6 is 31.9 Å². The van der Waals surface area contributed by atoms with Gasteiger partial charge in [-0.25, -0.2) is 9.78 Å². The van der Waals surface area contributed by atoms with Crippen LogP contribution in [0, 0.1) is 0 Å². The molecule has 0 bridgehead atoms. The molecule has 3 aromatic carbocycles. The molecule has 0 radical (unpaired) electrons. The van der Waals surface area contributed by atoms with Gasteiger partial charge in [0.15, 0.2) is 23.9 Å². The molecule has 37 heavy (non-hydrogen) atoms. The van der Waals surface area contributed by atoms with E-state index >= 15 is 0 Å². The molecule has 0 saturated heterocycles. The third-order valence-electron chi connectivity index (χ3n) is 5.37. The van der Waals surface area contributed by atoms with Crippen LogP contribution in [0.1, 0.15) is 5.56 Å². The average Bonchev–Trinajstić information content (AvgIpc) is 3.30. The highest BCUT2D eigenvalue weighted by Crippen LogP contribution is 2.34. The largest absolute Gasteiger partial charge is 0.493 e. The Morgan fingerprint density at radius 2 is 1.95 bits per heavy atom. The van der Waals surface area contributed by atoms with Gasteiger partial charge < -0.3 is 19.0 Å². The number of nitrogens with zero attached hydrogens (tertiary/aromatic N) is 3. The second-order valence-electron chi connectivity index (χ2n) is 7.82. The normalized spacial score (nSPS) is 11.4. The lowest BCUT2D eigenvalue weighted by molar-refractivity contribution is -0.139. The zero-order valence-corrected chi connectivity index (χ0v) is 22.3. The Labute approximate surface area is 226 Å². The maximum absolute atomic E-state index is 13.5. The van der Waals surface area contributed by atoms with Gasteiger partial charge >= 0.3 is 5.97 Å². The van der Waals surface area contributed by atoms with E-state index in [0.717, 1.165) is 14.5 Å². The van der Waals surface area contributed by atoms with Gasteiger partial charge in [-0.15, -0.1) is 0 Å². The summed E-state index contributed by atoms with van der Waals surface area (Å²) in [6.07, 6.45) is 1.38. The summed E-state index contributed by atoms with van der Waals surface area (Å²) in [6, 6.07) is 17.6. The minimum Gasteiger partial charge on any atom is -0.493 e. The fraction of sp³-hybridized carbons (Fsp3) is 0.0769. The topological polar surface area (TPSA) is 116 Å². The Balaban J connectivity index is 1.70. The Hall–Kier alpha value is -3.96. The van der Waals surface area contributed by atoms with E-state index in [1.165, 1.54) is 13.3 Å². The van der Waals surface area contributed by atoms with Gasteiger partial charge in [0.1, 0.15) is 5.58 Å². The molecule has 0 aliphatic heterocycles. The van der Waals surface area contributed by atoms with Crippen molar-refractivity contribution in [2.75, 3.05) is 13.7 Å². The van der Waals surface area contributed by atoms with E-state index in [-0.39, 0.29) is 11.6 Å². The number of carboxylic acids is 1. The van der Waals surface area contributed by atoms with Gasteiger partial charge in [-0.1, -0.05) is 44.0 Å². The van der Waals surface area contributed by atoms with Gasteiger partial charge in [0.05, 0.1) is 24.2 Å². The molecule has 0 unspecified atom stereocenters. The molecule has 0 amide bonds. The van der Waals surface area contributed by atoms with E-state index in [1.807, 2.05) is 18.2 Å². The summed E-state index contributed by atoms with van der Waals surface area (Å²) in [5.41, 5.74) is 1.09. The fourth-order valence-corrected chi connectivity index (χ4v) is 4.59. The summed E-state index contributed by atoms with van der Waals surface area (Å²) in [5, 5.41) is 14.7. The lowest BCUT2D eigenvalue weighted by Gasteiger charge is -2.13. The first-order valence-corrected chi connectivity index (χ1v) is 12.4. The molecular formula is C26H17Br2N3O6. The summed E-state index contributed by atoms with van der Waals surface area (Å²) >= 11 is 6.86. The number of fused-ring (bicyclic) bond motifs is 2. The Morgan fingerprint density at radius 3 is 2.73 bits per heavy atom. The Morgan fingerprint density at radius 1 is 1.14 bits per heavy atom. The van der Waals surface area contributed by atoms with E-state index in [2.05, 4.69) is 41.9 Å². The van der Waals surface area contributed by atoms with Crippen LogP contribution < -0.4 is 15.0 Å². The molecule has 0 fully saturated rings. The van der Waals surface area contributed by atoms with Gasteiger partial charge in [0, 0.05) is 19.9 Å². The molecule has 5 rings (SSSR count). The van der Waals surface area contributed by atoms with Crippen molar-refractivity contribution in [1.82, 2.24) is 9.66 Å². The van der Waals surface area contributed by atoms with Crippen LogP contribution in [0.5, 0.6) is 11.5 Å². The van der Waals surface area contributed by atoms with Crippen molar-refractivity contribution in [3.8, 4) is 23.1 Å². The van der Waals surface area contributed by atoms with Gasteiger partial charge in [0.25, 0.3) is 5.56 Å². The second kappa shape index (κ2) is 10.2. The van der Waals surface area contributed by atoms with Crippen molar-refractivity contribution < 1.29 is 23.8 Å². The number of aromatic nitrogens is 2. The van der Waals surface area contributed by atoms with Gasteiger partial charge in [-0.3, -0.25) is 4.79 Å². The molecule has 0 saturated carbocycles. The number of benzene rings is 3. The molecule has 1 N–H and O–H groups in total. The van der Waals surface area contributed by atoms with E-state index < -0.39 is 18.1 Å². The minimum absolute atomic E-state index is 0.161. The lowest BCUT2D eigenvalue weighted by atomic mass is 10.2. The first kappa shape index (κ1) is 24.7. The van der Waals surface area contributed by atoms with Crippen LogP contribution in [-0.4, -0.2) is 40.7 Å². The number of ether oxygens (including phenoxy) is 2. The van der Waals surface area contributed by atoms with E-state index in [9.17, 15) is 9.59 Å². The molecule has 0 atom stereocenters. The summed E-state index contributed by atoms with van der Waals surface area (Å²) in [6.45, 7) is -0.587. The molecule has 0 spiro atoms. The number of carboxylic acid groups (broad SMARTS) is 1. The highest BCUT2D eigenvalue weighted by atomic mass is 79.9. The number of hydrogen-bond donors (Lipinski definition) is 1. The average molecular weight is 627 g/mol. The summed E-state index contributed by atoms with van der Waals surface area (Å²) in [4.78, 5) is 29.3. The van der Waals surface area contributed by atoms with Crippen LogP contribution in [0.4, 0.5) is 0 Å². The van der Waals surface area contributed by atoms with Crippen LogP contribution in [0.15, 0.2) is 83.9 Å². The molecule has 0 aliphatic rings. The second-order valence-corrected chi connectivity index (χ2v) is 9.65. The molecule has 2 heterocycles. The SMILES string of the molecule is COc1cc(Br)cc(C=Nn2c(-c3cc4cc(Br)ccc4o3)nc3ccccc3c2=O)c1OCC(=O)O. The van der Waals surface area contributed by atoms with Gasteiger partial charge in [0.2, 0.25) is 5.82 Å². The first-order valence-electron chi connectivity index (χ1n) is 10.8. The summed E-state index contributed by atoms with van der Waals surface area (Å²) in [5.74, 6) is -0.149. The third-order valence-corrected chi connectivity index (χ3v) is 6.32. The smallest absolute Gasteiger partial charge is 0.341 e. The fourth-order valence-electron chi connectivity index (χ4n) is 3.76.